The number of benzene rings is 1. The zero-order valence-corrected chi connectivity index (χ0v) is 14.2. The van der Waals surface area contributed by atoms with Gasteiger partial charge in [0.15, 0.2) is 9.84 Å². The quantitative estimate of drug-likeness (QED) is 0.834. The van der Waals surface area contributed by atoms with Crippen LogP contribution in [0, 0.1) is 11.7 Å². The Morgan fingerprint density at radius 1 is 1.36 bits per heavy atom. The zero-order valence-electron chi connectivity index (χ0n) is 12.7. The van der Waals surface area contributed by atoms with Crippen LogP contribution in [0.2, 0.25) is 5.02 Å². The molecule has 0 saturated carbocycles. The highest BCUT2D eigenvalue weighted by Crippen LogP contribution is 2.37. The van der Waals surface area contributed by atoms with E-state index >= 15 is 0 Å². The van der Waals surface area contributed by atoms with Gasteiger partial charge in [-0.1, -0.05) is 17.7 Å². The minimum Gasteiger partial charge on any atom is -0.305 e. The van der Waals surface area contributed by atoms with Crippen molar-refractivity contribution in [1.82, 2.24) is 9.80 Å². The number of likely N-dealkylation sites (tertiary alicyclic amines) is 1. The van der Waals surface area contributed by atoms with Gasteiger partial charge >= 0.3 is 0 Å². The normalized spacial score (nSPS) is 30.9. The molecule has 122 valence electrons. The van der Waals surface area contributed by atoms with E-state index < -0.39 is 9.84 Å². The smallest absolute Gasteiger partial charge is 0.156 e. The van der Waals surface area contributed by atoms with Crippen molar-refractivity contribution in [2.45, 2.75) is 17.8 Å². The van der Waals surface area contributed by atoms with Gasteiger partial charge in [-0.15, -0.1) is 0 Å². The average Bonchev–Trinajstić information content (AvgIpc) is 2.94. The molecule has 3 atom stereocenters. The van der Waals surface area contributed by atoms with Crippen molar-refractivity contribution in [1.29, 1.82) is 0 Å². The van der Waals surface area contributed by atoms with E-state index in [0.29, 0.717) is 30.2 Å². The van der Waals surface area contributed by atoms with Gasteiger partial charge in [-0.2, -0.15) is 0 Å². The highest BCUT2D eigenvalue weighted by atomic mass is 35.5. The molecule has 2 aliphatic heterocycles. The number of rotatable bonds is 3. The van der Waals surface area contributed by atoms with Gasteiger partial charge in [0.2, 0.25) is 0 Å². The topological polar surface area (TPSA) is 40.6 Å². The van der Waals surface area contributed by atoms with Crippen molar-refractivity contribution in [2.75, 3.05) is 32.9 Å². The Kier molecular flexibility index (Phi) is 4.22. The molecule has 1 aromatic rings. The zero-order chi connectivity index (χ0) is 16.1. The van der Waals surface area contributed by atoms with Crippen LogP contribution in [0.4, 0.5) is 4.39 Å². The van der Waals surface area contributed by atoms with Crippen LogP contribution in [-0.2, 0) is 16.4 Å². The van der Waals surface area contributed by atoms with E-state index in [1.54, 1.807) is 12.1 Å². The van der Waals surface area contributed by atoms with Crippen molar-refractivity contribution in [2.24, 2.45) is 5.92 Å². The van der Waals surface area contributed by atoms with Crippen molar-refractivity contribution in [3.05, 3.63) is 34.6 Å². The Morgan fingerprint density at radius 3 is 2.73 bits per heavy atom. The molecule has 4 nitrogen and oxygen atoms in total. The monoisotopic (exact) mass is 346 g/mol. The minimum absolute atomic E-state index is 0.0380. The van der Waals surface area contributed by atoms with Gasteiger partial charge in [-0.05, 0) is 26.2 Å². The first kappa shape index (κ1) is 16.2. The molecule has 0 aliphatic carbocycles. The third-order valence-electron chi connectivity index (χ3n) is 4.85. The van der Waals surface area contributed by atoms with Gasteiger partial charge in [0.25, 0.3) is 0 Å². The van der Waals surface area contributed by atoms with Gasteiger partial charge < -0.3 is 4.90 Å². The van der Waals surface area contributed by atoms with Crippen molar-refractivity contribution < 1.29 is 12.8 Å². The highest BCUT2D eigenvalue weighted by Gasteiger charge is 2.52. The Bertz CT molecular complexity index is 660. The summed E-state index contributed by atoms with van der Waals surface area (Å²) in [7, 11) is 0.758. The molecule has 2 fully saturated rings. The standard InChI is InChI=1S/C15H20ClFN2O2S/c1-18(2)14-9-22(20,21)15-8-19(7-11(14)15)6-10-12(16)4-3-5-13(10)17/h3-5,11,14-15H,6-9H2,1-2H3/t11-,14+,15-/m0/s1. The van der Waals surface area contributed by atoms with Crippen molar-refractivity contribution in [3.8, 4) is 0 Å². The molecule has 0 unspecified atom stereocenters. The first-order valence-corrected chi connectivity index (χ1v) is 9.42. The second-order valence-electron chi connectivity index (χ2n) is 6.46. The third kappa shape index (κ3) is 2.77. The molecule has 0 aromatic heterocycles. The lowest BCUT2D eigenvalue weighted by Gasteiger charge is -2.25. The number of hydrogen-bond acceptors (Lipinski definition) is 4. The lowest BCUT2D eigenvalue weighted by atomic mass is 10.00. The Morgan fingerprint density at radius 2 is 2.09 bits per heavy atom. The van der Waals surface area contributed by atoms with Gasteiger partial charge in [0.1, 0.15) is 5.82 Å². The average molecular weight is 347 g/mol. The summed E-state index contributed by atoms with van der Waals surface area (Å²) in [5.41, 5.74) is 0.447. The summed E-state index contributed by atoms with van der Waals surface area (Å²) < 4.78 is 38.6. The molecular weight excluding hydrogens is 327 g/mol. The molecule has 2 saturated heterocycles. The molecule has 2 heterocycles. The van der Waals surface area contributed by atoms with Gasteiger partial charge in [-0.25, -0.2) is 12.8 Å². The van der Waals surface area contributed by atoms with Crippen molar-refractivity contribution in [3.63, 3.8) is 0 Å². The number of fused-ring (bicyclic) bond motifs is 1. The molecular formula is C15H20ClFN2O2S. The maximum atomic E-state index is 13.9. The second-order valence-corrected chi connectivity index (χ2v) is 9.13. The number of hydrogen-bond donors (Lipinski definition) is 0. The summed E-state index contributed by atoms with van der Waals surface area (Å²) in [4.78, 5) is 3.99. The van der Waals surface area contributed by atoms with E-state index in [4.69, 9.17) is 11.6 Å². The molecule has 0 amide bonds. The summed E-state index contributed by atoms with van der Waals surface area (Å²) in [6.07, 6.45) is 0. The first-order chi connectivity index (χ1) is 10.3. The molecule has 7 heteroatoms. The summed E-state index contributed by atoms with van der Waals surface area (Å²) in [6.45, 7) is 1.48. The van der Waals surface area contributed by atoms with Crippen LogP contribution in [-0.4, -0.2) is 62.4 Å². The fourth-order valence-corrected chi connectivity index (χ4v) is 6.41. The molecule has 0 radical (unpaired) electrons. The van der Waals surface area contributed by atoms with E-state index in [-0.39, 0.29) is 28.8 Å². The lowest BCUT2D eigenvalue weighted by Crippen LogP contribution is -2.37. The summed E-state index contributed by atoms with van der Waals surface area (Å²) >= 11 is 6.07. The van der Waals surface area contributed by atoms with Crippen LogP contribution in [0.3, 0.4) is 0 Å². The molecule has 0 bridgehead atoms. The SMILES string of the molecule is CN(C)[C@@H]1CS(=O)(=O)[C@H]2CN(Cc3c(F)cccc3Cl)C[C@@H]12. The molecule has 2 aliphatic rings. The van der Waals surface area contributed by atoms with Crippen LogP contribution in [0.1, 0.15) is 5.56 Å². The van der Waals surface area contributed by atoms with Crippen LogP contribution in [0.15, 0.2) is 18.2 Å². The van der Waals surface area contributed by atoms with Crippen molar-refractivity contribution >= 4 is 21.4 Å². The third-order valence-corrected chi connectivity index (χ3v) is 7.43. The molecule has 1 aromatic carbocycles. The number of halogens is 2. The highest BCUT2D eigenvalue weighted by molar-refractivity contribution is 7.92. The number of nitrogens with zero attached hydrogens (tertiary/aromatic N) is 2. The van der Waals surface area contributed by atoms with Gasteiger partial charge in [0, 0.05) is 42.2 Å². The Hall–Kier alpha value is -0.690. The molecule has 0 spiro atoms. The van der Waals surface area contributed by atoms with E-state index in [1.165, 1.54) is 6.07 Å². The molecule has 0 N–H and O–H groups in total. The van der Waals surface area contributed by atoms with Crippen LogP contribution < -0.4 is 0 Å². The minimum atomic E-state index is -3.07. The van der Waals surface area contributed by atoms with E-state index in [0.717, 1.165) is 0 Å². The van der Waals surface area contributed by atoms with E-state index in [2.05, 4.69) is 0 Å². The second kappa shape index (κ2) is 5.74. The van der Waals surface area contributed by atoms with Crippen LogP contribution >= 0.6 is 11.6 Å². The van der Waals surface area contributed by atoms with E-state index in [1.807, 2.05) is 23.9 Å². The fourth-order valence-electron chi connectivity index (χ4n) is 3.68. The first-order valence-electron chi connectivity index (χ1n) is 7.33. The van der Waals surface area contributed by atoms with Gasteiger partial charge in [0.05, 0.1) is 11.0 Å². The molecule has 22 heavy (non-hydrogen) atoms. The lowest BCUT2D eigenvalue weighted by molar-refractivity contribution is 0.229. The maximum absolute atomic E-state index is 13.9. The largest absolute Gasteiger partial charge is 0.305 e. The maximum Gasteiger partial charge on any atom is 0.156 e. The van der Waals surface area contributed by atoms with Gasteiger partial charge in [-0.3, -0.25) is 4.90 Å². The van der Waals surface area contributed by atoms with E-state index in [9.17, 15) is 12.8 Å². The number of sulfone groups is 1. The predicted octanol–water partition coefficient (Wildman–Crippen LogP) is 1.64. The molecule has 3 rings (SSSR count). The Labute approximate surface area is 135 Å². The summed E-state index contributed by atoms with van der Waals surface area (Å²) in [6, 6.07) is 4.66. The predicted molar refractivity (Wildman–Crippen MR) is 85.2 cm³/mol. The summed E-state index contributed by atoms with van der Waals surface area (Å²) in [5, 5.41) is 0.0505. The summed E-state index contributed by atoms with van der Waals surface area (Å²) in [5.74, 6) is -0.0222. The van der Waals surface area contributed by atoms with Crippen LogP contribution in [0.5, 0.6) is 0 Å². The van der Waals surface area contributed by atoms with Crippen LogP contribution in [0.25, 0.3) is 0 Å². The fraction of sp³-hybridized carbons (Fsp3) is 0.600. The Balaban J connectivity index is 1.80.